The number of nitrogens with zero attached hydrogens (tertiary/aromatic N) is 3. The molecular weight excluding hydrogens is 256 g/mol. The van der Waals surface area contributed by atoms with Crippen molar-refractivity contribution in [3.63, 3.8) is 0 Å². The maximum Gasteiger partial charge on any atom is 0.147 e. The van der Waals surface area contributed by atoms with Crippen molar-refractivity contribution in [2.24, 2.45) is 0 Å². The molecule has 102 valence electrons. The fraction of sp³-hybridized carbons (Fsp3) is 0.429. The topological polar surface area (TPSA) is 41.1 Å². The van der Waals surface area contributed by atoms with Crippen LogP contribution in [0.5, 0.6) is 0 Å². The number of nitrogens with one attached hydrogen (secondary N) is 1. The summed E-state index contributed by atoms with van der Waals surface area (Å²) in [5.41, 5.74) is 2.30. The highest BCUT2D eigenvalue weighted by Crippen LogP contribution is 2.14. The molecular formula is C14H20N4S. The maximum absolute atomic E-state index is 4.63. The van der Waals surface area contributed by atoms with Gasteiger partial charge < -0.3 is 10.2 Å². The van der Waals surface area contributed by atoms with Gasteiger partial charge in [-0.15, -0.1) is 0 Å². The lowest BCUT2D eigenvalue weighted by Gasteiger charge is -2.17. The summed E-state index contributed by atoms with van der Waals surface area (Å²) in [5.74, 6) is 0.919. The van der Waals surface area contributed by atoms with E-state index >= 15 is 0 Å². The van der Waals surface area contributed by atoms with Crippen molar-refractivity contribution in [2.75, 3.05) is 18.5 Å². The van der Waals surface area contributed by atoms with Crippen LogP contribution in [0, 0.1) is 0 Å². The van der Waals surface area contributed by atoms with Crippen LogP contribution in [-0.4, -0.2) is 23.6 Å². The van der Waals surface area contributed by atoms with Crippen molar-refractivity contribution in [1.29, 1.82) is 0 Å². The number of hydrogen-bond donors (Lipinski definition) is 1. The van der Waals surface area contributed by atoms with Gasteiger partial charge in [-0.2, -0.15) is 11.3 Å². The summed E-state index contributed by atoms with van der Waals surface area (Å²) in [5, 5.41) is 7.60. The fourth-order valence-electron chi connectivity index (χ4n) is 1.79. The lowest BCUT2D eigenvalue weighted by molar-refractivity contribution is 0.661. The number of aromatic nitrogens is 2. The van der Waals surface area contributed by atoms with Crippen molar-refractivity contribution in [3.05, 3.63) is 40.5 Å². The molecule has 19 heavy (non-hydrogen) atoms. The molecule has 0 radical (unpaired) electrons. The van der Waals surface area contributed by atoms with E-state index in [2.05, 4.69) is 43.9 Å². The average molecular weight is 276 g/mol. The molecule has 2 heterocycles. The van der Waals surface area contributed by atoms with E-state index in [1.165, 1.54) is 5.56 Å². The quantitative estimate of drug-likeness (QED) is 0.789. The predicted octanol–water partition coefficient (Wildman–Crippen LogP) is 2.67. The molecule has 0 bridgehead atoms. The molecule has 0 aliphatic rings. The third kappa shape index (κ3) is 4.29. The van der Waals surface area contributed by atoms with Gasteiger partial charge in [0.15, 0.2) is 0 Å². The fourth-order valence-corrected chi connectivity index (χ4v) is 2.45. The number of thiophene rings is 1. The first-order chi connectivity index (χ1) is 9.29. The third-order valence-corrected chi connectivity index (χ3v) is 3.53. The Balaban J connectivity index is 1.97. The zero-order valence-corrected chi connectivity index (χ0v) is 12.3. The van der Waals surface area contributed by atoms with Gasteiger partial charge in [0.25, 0.3) is 0 Å². The Kier molecular flexibility index (Phi) is 5.30. The Morgan fingerprint density at radius 2 is 2.26 bits per heavy atom. The molecule has 5 heteroatoms. The maximum atomic E-state index is 4.63. The van der Waals surface area contributed by atoms with Crippen molar-refractivity contribution >= 4 is 17.2 Å². The van der Waals surface area contributed by atoms with Gasteiger partial charge in [0.2, 0.25) is 0 Å². The van der Waals surface area contributed by atoms with Crippen LogP contribution in [0.4, 0.5) is 5.82 Å². The van der Waals surface area contributed by atoms with Crippen molar-refractivity contribution in [3.8, 4) is 0 Å². The zero-order valence-electron chi connectivity index (χ0n) is 11.5. The minimum atomic E-state index is 0.779. The molecule has 0 spiro atoms. The minimum Gasteiger partial charge on any atom is -0.354 e. The van der Waals surface area contributed by atoms with E-state index < -0.39 is 0 Å². The summed E-state index contributed by atoms with van der Waals surface area (Å²) < 4.78 is 0. The van der Waals surface area contributed by atoms with E-state index in [0.717, 1.165) is 37.6 Å². The first-order valence-electron chi connectivity index (χ1n) is 6.53. The summed E-state index contributed by atoms with van der Waals surface area (Å²) in [6.07, 6.45) is 4.77. The highest BCUT2D eigenvalue weighted by molar-refractivity contribution is 7.07. The van der Waals surface area contributed by atoms with Crippen LogP contribution in [0.2, 0.25) is 0 Å². The Morgan fingerprint density at radius 1 is 1.37 bits per heavy atom. The Morgan fingerprint density at radius 3 is 3.00 bits per heavy atom. The molecule has 0 saturated carbocycles. The molecule has 0 fully saturated rings. The molecule has 0 aliphatic heterocycles. The molecule has 0 atom stereocenters. The predicted molar refractivity (Wildman–Crippen MR) is 80.5 cm³/mol. The highest BCUT2D eigenvalue weighted by Gasteiger charge is 2.05. The summed E-state index contributed by atoms with van der Waals surface area (Å²) in [6.45, 7) is 4.81. The number of hydrogen-bond acceptors (Lipinski definition) is 5. The monoisotopic (exact) mass is 276 g/mol. The third-order valence-electron chi connectivity index (χ3n) is 2.80. The van der Waals surface area contributed by atoms with E-state index in [9.17, 15) is 0 Å². The van der Waals surface area contributed by atoms with Crippen LogP contribution in [0.1, 0.15) is 24.6 Å². The Bertz CT molecular complexity index is 484. The van der Waals surface area contributed by atoms with Crippen LogP contribution in [-0.2, 0) is 13.1 Å². The normalized spacial score (nSPS) is 10.6. The molecule has 4 nitrogen and oxygen atoms in total. The van der Waals surface area contributed by atoms with Gasteiger partial charge in [-0.1, -0.05) is 6.92 Å². The van der Waals surface area contributed by atoms with Gasteiger partial charge in [-0.05, 0) is 35.4 Å². The van der Waals surface area contributed by atoms with Crippen molar-refractivity contribution in [2.45, 2.75) is 26.4 Å². The second-order valence-electron chi connectivity index (χ2n) is 4.53. The number of anilines is 1. The van der Waals surface area contributed by atoms with Crippen LogP contribution in [0.25, 0.3) is 0 Å². The van der Waals surface area contributed by atoms with E-state index in [4.69, 9.17) is 0 Å². The van der Waals surface area contributed by atoms with E-state index in [0.29, 0.717) is 0 Å². The van der Waals surface area contributed by atoms with Crippen LogP contribution >= 0.6 is 11.3 Å². The van der Waals surface area contributed by atoms with Crippen LogP contribution in [0.15, 0.2) is 29.2 Å². The first kappa shape index (κ1) is 14.0. The molecule has 0 aliphatic carbocycles. The van der Waals surface area contributed by atoms with Crippen LogP contribution < -0.4 is 10.2 Å². The molecule has 2 rings (SSSR count). The average Bonchev–Trinajstić information content (AvgIpc) is 2.92. The Hall–Kier alpha value is -1.46. The molecule has 2 aromatic heterocycles. The molecule has 2 aromatic rings. The molecule has 0 saturated heterocycles. The summed E-state index contributed by atoms with van der Waals surface area (Å²) >= 11 is 1.72. The number of rotatable bonds is 7. The minimum absolute atomic E-state index is 0.779. The van der Waals surface area contributed by atoms with E-state index in [-0.39, 0.29) is 0 Å². The second-order valence-corrected chi connectivity index (χ2v) is 5.31. The van der Waals surface area contributed by atoms with Gasteiger partial charge in [0.05, 0.1) is 11.9 Å². The lowest BCUT2D eigenvalue weighted by atomic mass is 10.3. The van der Waals surface area contributed by atoms with E-state index in [1.807, 2.05) is 19.4 Å². The summed E-state index contributed by atoms with van der Waals surface area (Å²) in [7, 11) is 2.05. The molecule has 0 unspecified atom stereocenters. The highest BCUT2D eigenvalue weighted by atomic mass is 32.1. The SMILES string of the molecule is CCCNCc1cncc(N(C)Cc2ccsc2)n1. The smallest absolute Gasteiger partial charge is 0.147 e. The summed E-state index contributed by atoms with van der Waals surface area (Å²) in [6, 6.07) is 2.14. The second kappa shape index (κ2) is 7.21. The van der Waals surface area contributed by atoms with Crippen molar-refractivity contribution < 1.29 is 0 Å². The van der Waals surface area contributed by atoms with E-state index in [1.54, 1.807) is 11.3 Å². The van der Waals surface area contributed by atoms with Gasteiger partial charge in [-0.25, -0.2) is 4.98 Å². The molecule has 0 aromatic carbocycles. The zero-order chi connectivity index (χ0) is 13.5. The van der Waals surface area contributed by atoms with Gasteiger partial charge in [0, 0.05) is 26.3 Å². The standard InChI is InChI=1S/C14H20N4S/c1-3-5-15-7-13-8-16-9-14(17-13)18(2)10-12-4-6-19-11-12/h4,6,8-9,11,15H,3,5,7,10H2,1-2H3. The first-order valence-corrected chi connectivity index (χ1v) is 7.47. The molecule has 1 N–H and O–H groups in total. The largest absolute Gasteiger partial charge is 0.354 e. The molecule has 0 amide bonds. The summed E-state index contributed by atoms with van der Waals surface area (Å²) in [4.78, 5) is 11.0. The van der Waals surface area contributed by atoms with Gasteiger partial charge >= 0.3 is 0 Å². The van der Waals surface area contributed by atoms with Crippen molar-refractivity contribution in [1.82, 2.24) is 15.3 Å². The Labute approximate surface area is 118 Å². The van der Waals surface area contributed by atoms with Gasteiger partial charge in [0.1, 0.15) is 5.82 Å². The van der Waals surface area contributed by atoms with Crippen LogP contribution in [0.3, 0.4) is 0 Å². The van der Waals surface area contributed by atoms with Gasteiger partial charge in [-0.3, -0.25) is 4.98 Å². The lowest BCUT2D eigenvalue weighted by Crippen LogP contribution is -2.20.